The molecular formula is C8H5ClN4O2S. The number of nitrogens with one attached hydrogen (secondary N) is 2. The standard InChI is InChI=1S/C8H5ClN4O2S/c9-4-2-1-3-5(13(14)15)6(4)7-10-8(16)12-11-7/h1-3H,(H2,10,11,12,16). The fourth-order valence-corrected chi connectivity index (χ4v) is 1.69. The van der Waals surface area contributed by atoms with Crippen molar-refractivity contribution >= 4 is 29.5 Å². The number of halogens is 1. The van der Waals surface area contributed by atoms with Crippen LogP contribution in [0.3, 0.4) is 0 Å². The van der Waals surface area contributed by atoms with Gasteiger partial charge >= 0.3 is 0 Å². The molecule has 2 rings (SSSR count). The number of aromatic amines is 2. The summed E-state index contributed by atoms with van der Waals surface area (Å²) in [5.74, 6) is 0.252. The van der Waals surface area contributed by atoms with Crippen molar-refractivity contribution in [2.45, 2.75) is 0 Å². The number of nitro benzene ring substituents is 1. The highest BCUT2D eigenvalue weighted by atomic mass is 35.5. The molecule has 0 saturated carbocycles. The zero-order chi connectivity index (χ0) is 11.7. The third-order valence-electron chi connectivity index (χ3n) is 1.93. The van der Waals surface area contributed by atoms with Crippen molar-refractivity contribution in [1.82, 2.24) is 15.2 Å². The number of nitro groups is 1. The van der Waals surface area contributed by atoms with E-state index in [9.17, 15) is 10.1 Å². The molecule has 8 heteroatoms. The summed E-state index contributed by atoms with van der Waals surface area (Å²) in [6.07, 6.45) is 0. The van der Waals surface area contributed by atoms with Crippen molar-refractivity contribution in [2.75, 3.05) is 0 Å². The zero-order valence-electron chi connectivity index (χ0n) is 7.73. The second kappa shape index (κ2) is 4.03. The highest BCUT2D eigenvalue weighted by Crippen LogP contribution is 2.33. The van der Waals surface area contributed by atoms with Gasteiger partial charge in [0.1, 0.15) is 5.56 Å². The normalized spacial score (nSPS) is 10.3. The minimum atomic E-state index is -0.521. The first-order chi connectivity index (χ1) is 7.59. The minimum absolute atomic E-state index is 0.120. The van der Waals surface area contributed by atoms with Gasteiger partial charge in [0.2, 0.25) is 4.77 Å². The van der Waals surface area contributed by atoms with Crippen LogP contribution in [0, 0.1) is 14.9 Å². The van der Waals surface area contributed by atoms with Crippen LogP contribution in [-0.4, -0.2) is 20.1 Å². The lowest BCUT2D eigenvalue weighted by Gasteiger charge is -2.00. The van der Waals surface area contributed by atoms with Crippen LogP contribution in [0.4, 0.5) is 5.69 Å². The average Bonchev–Trinajstić information content (AvgIpc) is 2.64. The molecule has 0 saturated heterocycles. The van der Waals surface area contributed by atoms with Crippen LogP contribution < -0.4 is 0 Å². The number of rotatable bonds is 2. The van der Waals surface area contributed by atoms with Gasteiger partial charge < -0.3 is 0 Å². The largest absolute Gasteiger partial charge is 0.281 e. The first-order valence-electron chi connectivity index (χ1n) is 4.17. The molecule has 1 aromatic carbocycles. The Kier molecular flexibility index (Phi) is 2.71. The molecule has 2 N–H and O–H groups in total. The Morgan fingerprint density at radius 1 is 1.44 bits per heavy atom. The Balaban J connectivity index is 2.72. The number of hydrogen-bond acceptors (Lipinski definition) is 4. The molecule has 0 aliphatic rings. The van der Waals surface area contributed by atoms with Crippen LogP contribution in [-0.2, 0) is 0 Å². The fourth-order valence-electron chi connectivity index (χ4n) is 1.29. The summed E-state index contributed by atoms with van der Waals surface area (Å²) >= 11 is 10.7. The molecule has 0 unspecified atom stereocenters. The van der Waals surface area contributed by atoms with Gasteiger partial charge in [-0.15, -0.1) is 0 Å². The van der Waals surface area contributed by atoms with E-state index in [2.05, 4.69) is 15.2 Å². The second-order valence-electron chi connectivity index (χ2n) is 2.91. The Hall–Kier alpha value is -1.73. The summed E-state index contributed by atoms with van der Waals surface area (Å²) in [6.45, 7) is 0. The SMILES string of the molecule is O=[N+]([O-])c1cccc(Cl)c1-c1nc(=S)[nH][nH]1. The van der Waals surface area contributed by atoms with Gasteiger partial charge in [-0.1, -0.05) is 17.7 Å². The van der Waals surface area contributed by atoms with Gasteiger partial charge in [0.25, 0.3) is 5.69 Å². The molecule has 1 heterocycles. The highest BCUT2D eigenvalue weighted by Gasteiger charge is 2.20. The van der Waals surface area contributed by atoms with E-state index < -0.39 is 4.92 Å². The summed E-state index contributed by atoms with van der Waals surface area (Å²) in [7, 11) is 0. The van der Waals surface area contributed by atoms with Gasteiger partial charge in [-0.3, -0.25) is 20.3 Å². The molecule has 0 bridgehead atoms. The van der Waals surface area contributed by atoms with Crippen LogP contribution in [0.5, 0.6) is 0 Å². The fraction of sp³-hybridized carbons (Fsp3) is 0. The molecule has 82 valence electrons. The van der Waals surface area contributed by atoms with Crippen molar-refractivity contribution in [3.8, 4) is 11.4 Å². The summed E-state index contributed by atoms with van der Waals surface area (Å²) in [5, 5.41) is 16.3. The lowest BCUT2D eigenvalue weighted by molar-refractivity contribution is -0.384. The zero-order valence-corrected chi connectivity index (χ0v) is 9.30. The Morgan fingerprint density at radius 3 is 2.75 bits per heavy atom. The van der Waals surface area contributed by atoms with E-state index >= 15 is 0 Å². The quantitative estimate of drug-likeness (QED) is 0.491. The van der Waals surface area contributed by atoms with E-state index in [1.807, 2.05) is 0 Å². The topological polar surface area (TPSA) is 87.6 Å². The van der Waals surface area contributed by atoms with Crippen LogP contribution in [0.15, 0.2) is 18.2 Å². The first kappa shape index (κ1) is 10.8. The van der Waals surface area contributed by atoms with Crippen molar-refractivity contribution in [1.29, 1.82) is 0 Å². The molecule has 1 aromatic heterocycles. The van der Waals surface area contributed by atoms with Gasteiger partial charge in [-0.05, 0) is 18.3 Å². The maximum atomic E-state index is 10.8. The summed E-state index contributed by atoms with van der Waals surface area (Å²) in [4.78, 5) is 14.2. The average molecular weight is 257 g/mol. The third-order valence-corrected chi connectivity index (χ3v) is 2.43. The molecule has 0 spiro atoms. The minimum Gasteiger partial charge on any atom is -0.281 e. The maximum absolute atomic E-state index is 10.8. The monoisotopic (exact) mass is 256 g/mol. The van der Waals surface area contributed by atoms with Crippen LogP contribution in [0.2, 0.25) is 5.02 Å². The molecule has 0 aliphatic heterocycles. The number of H-pyrrole nitrogens is 2. The lowest BCUT2D eigenvalue weighted by Crippen LogP contribution is -1.93. The van der Waals surface area contributed by atoms with Crippen molar-refractivity contribution in [2.24, 2.45) is 0 Å². The van der Waals surface area contributed by atoms with E-state index in [0.29, 0.717) is 0 Å². The highest BCUT2D eigenvalue weighted by molar-refractivity contribution is 7.71. The molecule has 6 nitrogen and oxygen atoms in total. The molecule has 2 aromatic rings. The van der Waals surface area contributed by atoms with E-state index in [-0.39, 0.29) is 26.9 Å². The first-order valence-corrected chi connectivity index (χ1v) is 4.96. The van der Waals surface area contributed by atoms with Crippen molar-refractivity contribution in [3.63, 3.8) is 0 Å². The van der Waals surface area contributed by atoms with Crippen molar-refractivity contribution < 1.29 is 4.92 Å². The van der Waals surface area contributed by atoms with Gasteiger partial charge in [0, 0.05) is 6.07 Å². The summed E-state index contributed by atoms with van der Waals surface area (Å²) < 4.78 is 0.212. The lowest BCUT2D eigenvalue weighted by atomic mass is 10.1. The van der Waals surface area contributed by atoms with Gasteiger partial charge in [-0.2, -0.15) is 4.98 Å². The Bertz CT molecular complexity index is 606. The third kappa shape index (κ3) is 1.82. The van der Waals surface area contributed by atoms with E-state index in [0.717, 1.165) is 0 Å². The second-order valence-corrected chi connectivity index (χ2v) is 3.70. The van der Waals surface area contributed by atoms with E-state index in [4.69, 9.17) is 23.8 Å². The van der Waals surface area contributed by atoms with Gasteiger partial charge in [-0.25, -0.2) is 0 Å². The smallest absolute Gasteiger partial charge is 0.281 e. The predicted molar refractivity (Wildman–Crippen MR) is 60.9 cm³/mol. The molecule has 0 radical (unpaired) electrons. The van der Waals surface area contributed by atoms with Gasteiger partial charge in [0.05, 0.1) is 9.95 Å². The van der Waals surface area contributed by atoms with E-state index in [1.165, 1.54) is 12.1 Å². The van der Waals surface area contributed by atoms with Crippen LogP contribution in [0.25, 0.3) is 11.4 Å². The molecular weight excluding hydrogens is 252 g/mol. The Morgan fingerprint density at radius 2 is 2.19 bits per heavy atom. The molecule has 0 atom stereocenters. The number of nitrogens with zero attached hydrogens (tertiary/aromatic N) is 2. The van der Waals surface area contributed by atoms with Gasteiger partial charge in [0.15, 0.2) is 5.82 Å². The predicted octanol–water partition coefficient (Wildman–Crippen LogP) is 2.70. The molecule has 16 heavy (non-hydrogen) atoms. The number of aromatic nitrogens is 3. The maximum Gasteiger partial charge on any atom is 0.281 e. The molecule has 0 amide bonds. The Labute approximate surface area is 99.4 Å². The summed E-state index contributed by atoms with van der Waals surface area (Å²) in [6, 6.07) is 4.41. The summed E-state index contributed by atoms with van der Waals surface area (Å²) in [5.41, 5.74) is 0.103. The molecule has 0 aliphatic carbocycles. The van der Waals surface area contributed by atoms with Crippen molar-refractivity contribution in [3.05, 3.63) is 38.1 Å². The van der Waals surface area contributed by atoms with Crippen LogP contribution in [0.1, 0.15) is 0 Å². The number of hydrogen-bond donors (Lipinski definition) is 2. The van der Waals surface area contributed by atoms with E-state index in [1.54, 1.807) is 6.07 Å². The number of benzene rings is 1. The molecule has 0 fully saturated rings. The van der Waals surface area contributed by atoms with Crippen LogP contribution >= 0.6 is 23.8 Å².